The first-order valence-electron chi connectivity index (χ1n) is 10.0. The van der Waals surface area contributed by atoms with E-state index in [1.54, 1.807) is 24.5 Å². The van der Waals surface area contributed by atoms with Gasteiger partial charge in [0.15, 0.2) is 17.3 Å². The Morgan fingerprint density at radius 3 is 2.73 bits per heavy atom. The zero-order valence-corrected chi connectivity index (χ0v) is 16.4. The Morgan fingerprint density at radius 2 is 1.93 bits per heavy atom. The van der Waals surface area contributed by atoms with E-state index in [0.717, 1.165) is 25.9 Å². The molecular weight excluding hydrogens is 388 g/mol. The van der Waals surface area contributed by atoms with Crippen LogP contribution in [0.5, 0.6) is 11.5 Å². The van der Waals surface area contributed by atoms with Gasteiger partial charge in [-0.2, -0.15) is 0 Å². The quantitative estimate of drug-likeness (QED) is 0.685. The number of rotatable bonds is 5. The van der Waals surface area contributed by atoms with Gasteiger partial charge in [0.2, 0.25) is 11.8 Å². The number of piperidine rings is 1. The van der Waals surface area contributed by atoms with Crippen LogP contribution in [0.2, 0.25) is 0 Å². The molecule has 1 aromatic carbocycles. The van der Waals surface area contributed by atoms with E-state index in [-0.39, 0.29) is 11.8 Å². The molecule has 0 radical (unpaired) electrons. The minimum absolute atomic E-state index is 0.0528. The number of aromatic nitrogens is 2. The van der Waals surface area contributed by atoms with Crippen molar-refractivity contribution in [2.45, 2.75) is 18.8 Å². The lowest BCUT2D eigenvalue weighted by atomic mass is 9.97. The SMILES string of the molecule is O=C(CN1CCC(c2nnc(-c3ccco3)o2)CC1)Nc1ccc2c(c1)OCCO2. The van der Waals surface area contributed by atoms with Gasteiger partial charge in [0.1, 0.15) is 13.2 Å². The van der Waals surface area contributed by atoms with E-state index >= 15 is 0 Å². The second kappa shape index (κ2) is 8.19. The third-order valence-corrected chi connectivity index (χ3v) is 5.30. The number of carbonyl (C=O) groups is 1. The van der Waals surface area contributed by atoms with Crippen molar-refractivity contribution in [3.05, 3.63) is 42.5 Å². The Hall–Kier alpha value is -3.33. The van der Waals surface area contributed by atoms with Crippen LogP contribution in [0.15, 0.2) is 45.4 Å². The van der Waals surface area contributed by atoms with E-state index in [0.29, 0.717) is 54.5 Å². The number of hydrogen-bond donors (Lipinski definition) is 1. The fourth-order valence-electron chi connectivity index (χ4n) is 3.76. The molecule has 9 nitrogen and oxygen atoms in total. The molecule has 1 fully saturated rings. The van der Waals surface area contributed by atoms with Crippen molar-refractivity contribution >= 4 is 11.6 Å². The molecule has 2 aliphatic rings. The Bertz CT molecular complexity index is 1010. The molecule has 9 heteroatoms. The third kappa shape index (κ3) is 4.02. The van der Waals surface area contributed by atoms with E-state index in [1.165, 1.54) is 0 Å². The van der Waals surface area contributed by atoms with Gasteiger partial charge >= 0.3 is 0 Å². The Kier molecular flexibility index (Phi) is 5.10. The standard InChI is InChI=1S/C21H22N4O5/c26-19(22-15-3-4-16-18(12-15)29-11-10-28-16)13-25-7-5-14(6-8-25)20-23-24-21(30-20)17-2-1-9-27-17/h1-4,9,12,14H,5-8,10-11,13H2,(H,22,26). The number of benzene rings is 1. The van der Waals surface area contributed by atoms with E-state index in [4.69, 9.17) is 18.3 Å². The molecule has 0 atom stereocenters. The number of amides is 1. The normalized spacial score (nSPS) is 17.1. The summed E-state index contributed by atoms with van der Waals surface area (Å²) in [4.78, 5) is 14.6. The van der Waals surface area contributed by atoms with Gasteiger partial charge in [0.05, 0.1) is 12.8 Å². The first kappa shape index (κ1) is 18.7. The maximum absolute atomic E-state index is 12.5. The van der Waals surface area contributed by atoms with E-state index in [9.17, 15) is 4.79 Å². The minimum Gasteiger partial charge on any atom is -0.486 e. The lowest BCUT2D eigenvalue weighted by Gasteiger charge is -2.29. The molecule has 0 unspecified atom stereocenters. The highest BCUT2D eigenvalue weighted by atomic mass is 16.6. The summed E-state index contributed by atoms with van der Waals surface area (Å²) in [6.07, 6.45) is 3.29. The van der Waals surface area contributed by atoms with Crippen LogP contribution < -0.4 is 14.8 Å². The van der Waals surface area contributed by atoms with Gasteiger partial charge in [0.25, 0.3) is 5.89 Å². The summed E-state index contributed by atoms with van der Waals surface area (Å²) in [5.41, 5.74) is 0.704. The van der Waals surface area contributed by atoms with Gasteiger partial charge in [-0.05, 0) is 50.2 Å². The highest BCUT2D eigenvalue weighted by molar-refractivity contribution is 5.92. The topological polar surface area (TPSA) is 103 Å². The number of nitrogens with one attached hydrogen (secondary N) is 1. The zero-order valence-electron chi connectivity index (χ0n) is 16.4. The molecule has 30 heavy (non-hydrogen) atoms. The van der Waals surface area contributed by atoms with Gasteiger partial charge in [-0.3, -0.25) is 9.69 Å². The monoisotopic (exact) mass is 410 g/mol. The Morgan fingerprint density at radius 1 is 1.10 bits per heavy atom. The van der Waals surface area contributed by atoms with Crippen molar-refractivity contribution in [2.24, 2.45) is 0 Å². The summed E-state index contributed by atoms with van der Waals surface area (Å²) in [5.74, 6) is 3.10. The first-order chi connectivity index (χ1) is 14.7. The number of furan rings is 1. The summed E-state index contributed by atoms with van der Waals surface area (Å²) in [5, 5.41) is 11.2. The fraction of sp³-hybridized carbons (Fsp3) is 0.381. The van der Waals surface area contributed by atoms with E-state index in [1.807, 2.05) is 12.1 Å². The lowest BCUT2D eigenvalue weighted by molar-refractivity contribution is -0.117. The molecule has 3 aromatic rings. The molecule has 2 aromatic heterocycles. The molecule has 5 rings (SSSR count). The molecule has 1 N–H and O–H groups in total. The van der Waals surface area contributed by atoms with Gasteiger partial charge in [0, 0.05) is 17.7 Å². The first-order valence-corrected chi connectivity index (χ1v) is 10.0. The molecule has 156 valence electrons. The molecule has 4 heterocycles. The highest BCUT2D eigenvalue weighted by Crippen LogP contribution is 2.33. The van der Waals surface area contributed by atoms with Gasteiger partial charge in [-0.15, -0.1) is 10.2 Å². The smallest absolute Gasteiger partial charge is 0.283 e. The molecule has 0 aliphatic carbocycles. The second-order valence-corrected chi connectivity index (χ2v) is 7.38. The largest absolute Gasteiger partial charge is 0.486 e. The van der Waals surface area contributed by atoms with Crippen LogP contribution in [0.3, 0.4) is 0 Å². The van der Waals surface area contributed by atoms with Crippen LogP contribution in [0.4, 0.5) is 5.69 Å². The lowest BCUT2D eigenvalue weighted by Crippen LogP contribution is -2.38. The molecular formula is C21H22N4O5. The van der Waals surface area contributed by atoms with Gasteiger partial charge in [-0.1, -0.05) is 0 Å². The average molecular weight is 410 g/mol. The highest BCUT2D eigenvalue weighted by Gasteiger charge is 2.26. The second-order valence-electron chi connectivity index (χ2n) is 7.38. The van der Waals surface area contributed by atoms with Gasteiger partial charge < -0.3 is 23.6 Å². The predicted molar refractivity (Wildman–Crippen MR) is 106 cm³/mol. The minimum atomic E-state index is -0.0528. The van der Waals surface area contributed by atoms with Crippen LogP contribution in [-0.4, -0.2) is 53.9 Å². The van der Waals surface area contributed by atoms with Crippen LogP contribution >= 0.6 is 0 Å². The van der Waals surface area contributed by atoms with Crippen molar-refractivity contribution in [3.8, 4) is 23.1 Å². The number of likely N-dealkylation sites (tertiary alicyclic amines) is 1. The van der Waals surface area contributed by atoms with Crippen LogP contribution in [0.1, 0.15) is 24.7 Å². The number of hydrogen-bond acceptors (Lipinski definition) is 8. The molecule has 0 bridgehead atoms. The average Bonchev–Trinajstić information content (AvgIpc) is 3.46. The maximum atomic E-state index is 12.5. The molecule has 0 saturated carbocycles. The summed E-state index contributed by atoms with van der Waals surface area (Å²) >= 11 is 0. The van der Waals surface area contributed by atoms with Crippen LogP contribution in [0, 0.1) is 0 Å². The van der Waals surface area contributed by atoms with E-state index < -0.39 is 0 Å². The molecule has 1 amide bonds. The van der Waals surface area contributed by atoms with Crippen molar-refractivity contribution < 1.29 is 23.1 Å². The van der Waals surface area contributed by atoms with Crippen LogP contribution in [0.25, 0.3) is 11.7 Å². The summed E-state index contributed by atoms with van der Waals surface area (Å²) in [6, 6.07) is 9.01. The zero-order chi connectivity index (χ0) is 20.3. The Balaban J connectivity index is 1.12. The number of carbonyl (C=O) groups excluding carboxylic acids is 1. The van der Waals surface area contributed by atoms with Crippen molar-refractivity contribution in [1.29, 1.82) is 0 Å². The summed E-state index contributed by atoms with van der Waals surface area (Å²) < 4.78 is 22.1. The van der Waals surface area contributed by atoms with Gasteiger partial charge in [-0.25, -0.2) is 0 Å². The number of fused-ring (bicyclic) bond motifs is 1. The van der Waals surface area contributed by atoms with Crippen molar-refractivity contribution in [2.75, 3.05) is 38.2 Å². The number of nitrogens with zero attached hydrogens (tertiary/aromatic N) is 3. The van der Waals surface area contributed by atoms with Crippen molar-refractivity contribution in [1.82, 2.24) is 15.1 Å². The van der Waals surface area contributed by atoms with Crippen LogP contribution in [-0.2, 0) is 4.79 Å². The van der Waals surface area contributed by atoms with Crippen molar-refractivity contribution in [3.63, 3.8) is 0 Å². The third-order valence-electron chi connectivity index (χ3n) is 5.30. The summed E-state index contributed by atoms with van der Waals surface area (Å²) in [6.45, 7) is 2.98. The molecule has 1 saturated heterocycles. The maximum Gasteiger partial charge on any atom is 0.283 e. The van der Waals surface area contributed by atoms with E-state index in [2.05, 4.69) is 20.4 Å². The predicted octanol–water partition coefficient (Wildman–Crippen LogP) is 2.92. The number of ether oxygens (including phenoxy) is 2. The number of anilines is 1. The fourth-order valence-corrected chi connectivity index (χ4v) is 3.76. The molecule has 2 aliphatic heterocycles. The Labute approximate surface area is 173 Å². The summed E-state index contributed by atoms with van der Waals surface area (Å²) in [7, 11) is 0. The molecule has 0 spiro atoms.